The van der Waals surface area contributed by atoms with Gasteiger partial charge in [-0.2, -0.15) is 26.3 Å². The van der Waals surface area contributed by atoms with Crippen LogP contribution in [0.2, 0.25) is 0 Å². The average Bonchev–Trinajstić information content (AvgIpc) is 2.89. The predicted molar refractivity (Wildman–Crippen MR) is 86.5 cm³/mol. The summed E-state index contributed by atoms with van der Waals surface area (Å²) in [5.41, 5.74) is 0.660. The third-order valence-corrected chi connectivity index (χ3v) is 4.91. The first-order chi connectivity index (χ1) is 11.9. The SMILES string of the molecule is Cc1cc(F)c(N/C=C2\CCCN2CC(F)(F)F)cc1SCC(F)(F)F. The highest BCUT2D eigenvalue weighted by atomic mass is 32.2. The maximum atomic E-state index is 14.0. The van der Waals surface area contributed by atoms with E-state index in [1.165, 1.54) is 19.2 Å². The quantitative estimate of drug-likeness (QED) is 0.502. The Morgan fingerprint density at radius 3 is 2.46 bits per heavy atom. The Balaban J connectivity index is 2.13. The van der Waals surface area contributed by atoms with Gasteiger partial charge < -0.3 is 10.2 Å². The van der Waals surface area contributed by atoms with Crippen molar-refractivity contribution in [2.45, 2.75) is 37.0 Å². The number of aryl methyl sites for hydroxylation is 1. The minimum Gasteiger partial charge on any atom is -0.365 e. The second-order valence-electron chi connectivity index (χ2n) is 5.92. The number of thioether (sulfide) groups is 1. The molecule has 0 spiro atoms. The number of hydrogen-bond acceptors (Lipinski definition) is 3. The van der Waals surface area contributed by atoms with Crippen molar-refractivity contribution < 1.29 is 30.7 Å². The Kier molecular flexibility index (Phi) is 6.36. The minimum atomic E-state index is -4.36. The molecule has 0 aromatic heterocycles. The molecule has 1 aliphatic rings. The summed E-state index contributed by atoms with van der Waals surface area (Å²) in [5, 5.41) is 2.59. The van der Waals surface area contributed by atoms with Crippen LogP contribution in [0.5, 0.6) is 0 Å². The number of likely N-dealkylation sites (tertiary alicyclic amines) is 1. The van der Waals surface area contributed by atoms with Crippen molar-refractivity contribution >= 4 is 17.4 Å². The summed E-state index contributed by atoms with van der Waals surface area (Å²) in [4.78, 5) is 1.40. The highest BCUT2D eigenvalue weighted by Gasteiger charge is 2.33. The largest absolute Gasteiger partial charge is 0.405 e. The molecule has 0 bridgehead atoms. The normalized spacial score (nSPS) is 17.2. The molecular formula is C16H17F7N2S. The van der Waals surface area contributed by atoms with Crippen LogP contribution in [0, 0.1) is 12.7 Å². The van der Waals surface area contributed by atoms with Gasteiger partial charge in [-0.1, -0.05) is 0 Å². The zero-order valence-corrected chi connectivity index (χ0v) is 14.6. The van der Waals surface area contributed by atoms with Crippen LogP contribution in [0.3, 0.4) is 0 Å². The number of nitrogens with zero attached hydrogens (tertiary/aromatic N) is 1. The fourth-order valence-electron chi connectivity index (χ4n) is 2.55. The lowest BCUT2D eigenvalue weighted by Gasteiger charge is -2.21. The lowest BCUT2D eigenvalue weighted by Crippen LogP contribution is -2.31. The summed E-state index contributed by atoms with van der Waals surface area (Å²) in [7, 11) is 0. The number of hydrogen-bond donors (Lipinski definition) is 1. The summed E-state index contributed by atoms with van der Waals surface area (Å²) in [5.74, 6) is -1.80. The molecular weight excluding hydrogens is 385 g/mol. The van der Waals surface area contributed by atoms with E-state index in [0.29, 0.717) is 35.9 Å². The first-order valence-corrected chi connectivity index (χ1v) is 8.70. The van der Waals surface area contributed by atoms with Crippen molar-refractivity contribution in [3.63, 3.8) is 0 Å². The van der Waals surface area contributed by atoms with Gasteiger partial charge in [0.1, 0.15) is 12.4 Å². The molecule has 26 heavy (non-hydrogen) atoms. The first kappa shape index (κ1) is 20.7. The summed E-state index contributed by atoms with van der Waals surface area (Å²) in [6, 6.07) is 2.34. The van der Waals surface area contributed by atoms with E-state index >= 15 is 0 Å². The number of alkyl halides is 6. The molecule has 0 aliphatic carbocycles. The molecule has 1 fully saturated rings. The van der Waals surface area contributed by atoms with E-state index in [2.05, 4.69) is 5.32 Å². The van der Waals surface area contributed by atoms with Gasteiger partial charge in [-0.05, 0) is 37.5 Å². The van der Waals surface area contributed by atoms with Crippen LogP contribution in [0.15, 0.2) is 28.9 Å². The van der Waals surface area contributed by atoms with E-state index in [0.717, 1.165) is 11.0 Å². The molecule has 1 heterocycles. The van der Waals surface area contributed by atoms with Gasteiger partial charge in [0.2, 0.25) is 0 Å². The van der Waals surface area contributed by atoms with Crippen molar-refractivity contribution in [3.8, 4) is 0 Å². The first-order valence-electron chi connectivity index (χ1n) is 7.71. The van der Waals surface area contributed by atoms with Crippen LogP contribution >= 0.6 is 11.8 Å². The fourth-order valence-corrected chi connectivity index (χ4v) is 3.36. The molecule has 0 atom stereocenters. The van der Waals surface area contributed by atoms with Gasteiger partial charge >= 0.3 is 12.4 Å². The Bertz CT molecular complexity index is 668. The molecule has 0 amide bonds. The van der Waals surface area contributed by atoms with Gasteiger partial charge in [-0.25, -0.2) is 4.39 Å². The summed E-state index contributed by atoms with van der Waals surface area (Å²) in [6.07, 6.45) is -6.47. The molecule has 0 unspecified atom stereocenters. The maximum absolute atomic E-state index is 14.0. The monoisotopic (exact) mass is 402 g/mol. The number of allylic oxidation sites excluding steroid dienone is 1. The van der Waals surface area contributed by atoms with Gasteiger partial charge in [-0.3, -0.25) is 0 Å². The van der Waals surface area contributed by atoms with Gasteiger partial charge in [0.15, 0.2) is 0 Å². The lowest BCUT2D eigenvalue weighted by molar-refractivity contribution is -0.140. The smallest absolute Gasteiger partial charge is 0.365 e. The Hall–Kier alpha value is -1.58. The predicted octanol–water partition coefficient (Wildman–Crippen LogP) is 5.70. The van der Waals surface area contributed by atoms with Crippen LogP contribution in [0.25, 0.3) is 0 Å². The van der Waals surface area contributed by atoms with E-state index in [1.54, 1.807) is 0 Å². The maximum Gasteiger partial charge on any atom is 0.405 e. The van der Waals surface area contributed by atoms with Crippen molar-refractivity contribution in [2.24, 2.45) is 0 Å². The molecule has 1 aliphatic heterocycles. The summed E-state index contributed by atoms with van der Waals surface area (Å²) < 4.78 is 88.8. The molecule has 1 N–H and O–H groups in total. The second kappa shape index (κ2) is 7.98. The van der Waals surface area contributed by atoms with Crippen molar-refractivity contribution in [2.75, 3.05) is 24.2 Å². The molecule has 2 nitrogen and oxygen atoms in total. The van der Waals surface area contributed by atoms with Gasteiger partial charge in [0, 0.05) is 23.3 Å². The van der Waals surface area contributed by atoms with Crippen LogP contribution < -0.4 is 5.32 Å². The molecule has 10 heteroatoms. The molecule has 1 aromatic carbocycles. The number of rotatable bonds is 5. The van der Waals surface area contributed by atoms with Crippen LogP contribution in [0.4, 0.5) is 36.4 Å². The molecule has 1 aromatic rings. The number of anilines is 1. The summed E-state index contributed by atoms with van der Waals surface area (Å²) >= 11 is 0.532. The van der Waals surface area contributed by atoms with Crippen LogP contribution in [-0.2, 0) is 0 Å². The number of nitrogens with one attached hydrogen (secondary N) is 1. The Labute approximate surface area is 150 Å². The van der Waals surface area contributed by atoms with E-state index in [1.807, 2.05) is 0 Å². The molecule has 0 saturated carbocycles. The Morgan fingerprint density at radius 2 is 1.85 bits per heavy atom. The van der Waals surface area contributed by atoms with E-state index in [4.69, 9.17) is 0 Å². The number of halogens is 7. The van der Waals surface area contributed by atoms with E-state index in [9.17, 15) is 30.7 Å². The van der Waals surface area contributed by atoms with E-state index < -0.39 is 30.5 Å². The number of benzene rings is 1. The third-order valence-electron chi connectivity index (χ3n) is 3.69. The summed E-state index contributed by atoms with van der Waals surface area (Å²) in [6.45, 7) is 0.645. The molecule has 0 radical (unpaired) electrons. The fraction of sp³-hybridized carbons (Fsp3) is 0.500. The molecule has 2 rings (SSSR count). The van der Waals surface area contributed by atoms with Crippen molar-refractivity contribution in [3.05, 3.63) is 35.4 Å². The van der Waals surface area contributed by atoms with Crippen LogP contribution in [0.1, 0.15) is 18.4 Å². The van der Waals surface area contributed by atoms with Gasteiger partial charge in [0.25, 0.3) is 0 Å². The topological polar surface area (TPSA) is 15.3 Å². The average molecular weight is 402 g/mol. The van der Waals surface area contributed by atoms with Gasteiger partial charge in [-0.15, -0.1) is 11.8 Å². The standard InChI is InChI=1S/C16H17F7N2S/c1-10-5-12(17)13(6-14(10)26-9-16(21,22)23)24-7-11-3-2-4-25(11)8-15(18,19)20/h5-7,24H,2-4,8-9H2,1H3/b11-7+. The van der Waals surface area contributed by atoms with Crippen molar-refractivity contribution in [1.82, 2.24) is 4.90 Å². The minimum absolute atomic E-state index is 0.0772. The van der Waals surface area contributed by atoms with Gasteiger partial charge in [0.05, 0.1) is 11.4 Å². The third kappa shape index (κ3) is 6.30. The zero-order valence-electron chi connectivity index (χ0n) is 13.8. The second-order valence-corrected chi connectivity index (χ2v) is 6.94. The zero-order chi connectivity index (χ0) is 19.5. The van der Waals surface area contributed by atoms with Crippen LogP contribution in [-0.4, -0.2) is 36.1 Å². The van der Waals surface area contributed by atoms with Crippen molar-refractivity contribution in [1.29, 1.82) is 0 Å². The lowest BCUT2D eigenvalue weighted by atomic mass is 10.2. The highest BCUT2D eigenvalue weighted by Crippen LogP contribution is 2.33. The highest BCUT2D eigenvalue weighted by molar-refractivity contribution is 7.99. The molecule has 146 valence electrons. The molecule has 1 saturated heterocycles. The Morgan fingerprint density at radius 1 is 1.15 bits per heavy atom. The van der Waals surface area contributed by atoms with E-state index in [-0.39, 0.29) is 17.1 Å².